The molecule has 0 aliphatic carbocycles. The van der Waals surface area contributed by atoms with Gasteiger partial charge in [0, 0.05) is 16.5 Å². The molecule has 0 fully saturated rings. The van der Waals surface area contributed by atoms with E-state index in [1.807, 2.05) is 11.4 Å². The van der Waals surface area contributed by atoms with Gasteiger partial charge in [0.2, 0.25) is 0 Å². The average molecular weight is 273 g/mol. The molecule has 2 aromatic carbocycles. The fraction of sp³-hybridized carbons (Fsp3) is 0. The highest BCUT2D eigenvalue weighted by molar-refractivity contribution is 7.13. The summed E-state index contributed by atoms with van der Waals surface area (Å²) in [5.41, 5.74) is 2.36. The summed E-state index contributed by atoms with van der Waals surface area (Å²) in [6.07, 6.45) is 0. The summed E-state index contributed by atoms with van der Waals surface area (Å²) in [5, 5.41) is 2.63. The Morgan fingerprint density at radius 2 is 1.63 bits per heavy atom. The third kappa shape index (κ3) is 2.53. The van der Waals surface area contributed by atoms with E-state index in [2.05, 4.69) is 4.98 Å². The summed E-state index contributed by atoms with van der Waals surface area (Å²) in [4.78, 5) is 4.45. The molecule has 1 nitrogen and oxygen atoms in total. The number of nitrogens with zero attached hydrogens (tertiary/aromatic N) is 1. The fourth-order valence-electron chi connectivity index (χ4n) is 1.78. The first-order chi connectivity index (χ1) is 9.22. The Hall–Kier alpha value is -2.07. The van der Waals surface area contributed by atoms with Crippen LogP contribution in [-0.4, -0.2) is 4.98 Å². The number of aromatic nitrogens is 1. The minimum absolute atomic E-state index is 0.274. The molecule has 0 atom stereocenters. The lowest BCUT2D eigenvalue weighted by molar-refractivity contribution is 0.627. The van der Waals surface area contributed by atoms with E-state index in [0.717, 1.165) is 21.8 Å². The van der Waals surface area contributed by atoms with E-state index in [1.54, 1.807) is 18.2 Å². The van der Waals surface area contributed by atoms with Crippen molar-refractivity contribution in [2.24, 2.45) is 0 Å². The molecular formula is C15H9F2NS. The minimum Gasteiger partial charge on any atom is -0.236 e. The molecule has 0 aliphatic heterocycles. The first-order valence-corrected chi connectivity index (χ1v) is 6.58. The number of thiazole rings is 1. The van der Waals surface area contributed by atoms with Crippen molar-refractivity contribution in [3.63, 3.8) is 0 Å². The van der Waals surface area contributed by atoms with Gasteiger partial charge in [-0.1, -0.05) is 12.1 Å². The van der Waals surface area contributed by atoms with E-state index in [-0.39, 0.29) is 11.6 Å². The molecule has 0 N–H and O–H groups in total. The molecule has 1 heterocycles. The normalized spacial score (nSPS) is 10.6. The van der Waals surface area contributed by atoms with Crippen LogP contribution in [0, 0.1) is 11.6 Å². The van der Waals surface area contributed by atoms with Gasteiger partial charge in [0.1, 0.15) is 16.6 Å². The molecule has 3 aromatic rings. The van der Waals surface area contributed by atoms with Gasteiger partial charge in [-0.05, 0) is 36.4 Å². The van der Waals surface area contributed by atoms with E-state index in [0.29, 0.717) is 0 Å². The van der Waals surface area contributed by atoms with Gasteiger partial charge in [-0.3, -0.25) is 0 Å². The summed E-state index contributed by atoms with van der Waals surface area (Å²) in [6, 6.07) is 12.5. The van der Waals surface area contributed by atoms with Crippen molar-refractivity contribution in [1.29, 1.82) is 0 Å². The first-order valence-electron chi connectivity index (χ1n) is 5.70. The SMILES string of the molecule is Fc1ccc(-c2csc(-c3cccc(F)c3)n2)cc1. The van der Waals surface area contributed by atoms with E-state index in [4.69, 9.17) is 0 Å². The molecule has 0 saturated carbocycles. The molecular weight excluding hydrogens is 264 g/mol. The van der Waals surface area contributed by atoms with Crippen molar-refractivity contribution in [2.75, 3.05) is 0 Å². The second-order valence-corrected chi connectivity index (χ2v) is 4.91. The van der Waals surface area contributed by atoms with Crippen molar-refractivity contribution in [2.45, 2.75) is 0 Å². The number of halogens is 2. The van der Waals surface area contributed by atoms with Crippen LogP contribution in [0.25, 0.3) is 21.8 Å². The maximum Gasteiger partial charge on any atom is 0.124 e. The maximum absolute atomic E-state index is 13.2. The molecule has 0 unspecified atom stereocenters. The molecule has 94 valence electrons. The molecule has 0 saturated heterocycles. The Balaban J connectivity index is 1.97. The predicted octanol–water partition coefficient (Wildman–Crippen LogP) is 4.76. The van der Waals surface area contributed by atoms with Gasteiger partial charge in [0.05, 0.1) is 5.69 Å². The van der Waals surface area contributed by atoms with Crippen LogP contribution in [0.15, 0.2) is 53.9 Å². The summed E-state index contributed by atoms with van der Waals surface area (Å²) >= 11 is 1.44. The zero-order chi connectivity index (χ0) is 13.2. The molecule has 3 rings (SSSR count). The van der Waals surface area contributed by atoms with Crippen molar-refractivity contribution in [1.82, 2.24) is 4.98 Å². The summed E-state index contributed by atoms with van der Waals surface area (Å²) in [6.45, 7) is 0. The number of hydrogen-bond acceptors (Lipinski definition) is 2. The first kappa shape index (κ1) is 12.0. The Kier molecular flexibility index (Phi) is 3.09. The van der Waals surface area contributed by atoms with Crippen LogP contribution in [0.5, 0.6) is 0 Å². The largest absolute Gasteiger partial charge is 0.236 e. The standard InChI is InChI=1S/C15H9F2NS/c16-12-6-4-10(5-7-12)14-9-19-15(18-14)11-2-1-3-13(17)8-11/h1-9H. The van der Waals surface area contributed by atoms with Gasteiger partial charge in [0.15, 0.2) is 0 Å². The second-order valence-electron chi connectivity index (χ2n) is 4.06. The molecule has 0 spiro atoms. The molecule has 0 aliphatic rings. The van der Waals surface area contributed by atoms with Gasteiger partial charge in [-0.25, -0.2) is 13.8 Å². The minimum atomic E-state index is -0.281. The van der Waals surface area contributed by atoms with Crippen molar-refractivity contribution >= 4 is 11.3 Å². The number of benzene rings is 2. The Labute approximate surface area is 113 Å². The van der Waals surface area contributed by atoms with Crippen molar-refractivity contribution in [3.8, 4) is 21.8 Å². The van der Waals surface area contributed by atoms with E-state index in [1.165, 1.54) is 35.6 Å². The van der Waals surface area contributed by atoms with Crippen LogP contribution < -0.4 is 0 Å². The smallest absolute Gasteiger partial charge is 0.124 e. The summed E-state index contributed by atoms with van der Waals surface area (Å²) < 4.78 is 26.0. The highest BCUT2D eigenvalue weighted by Gasteiger charge is 2.07. The second kappa shape index (κ2) is 4.90. The van der Waals surface area contributed by atoms with Crippen LogP contribution in [0.2, 0.25) is 0 Å². The Morgan fingerprint density at radius 3 is 2.37 bits per heavy atom. The Morgan fingerprint density at radius 1 is 0.842 bits per heavy atom. The molecule has 0 bridgehead atoms. The quantitative estimate of drug-likeness (QED) is 0.656. The highest BCUT2D eigenvalue weighted by atomic mass is 32.1. The van der Waals surface area contributed by atoms with E-state index >= 15 is 0 Å². The van der Waals surface area contributed by atoms with Crippen LogP contribution >= 0.6 is 11.3 Å². The summed E-state index contributed by atoms with van der Waals surface area (Å²) in [7, 11) is 0. The lowest BCUT2D eigenvalue weighted by atomic mass is 10.2. The third-order valence-electron chi connectivity index (χ3n) is 2.72. The van der Waals surface area contributed by atoms with Crippen molar-refractivity contribution < 1.29 is 8.78 Å². The van der Waals surface area contributed by atoms with Crippen LogP contribution in [0.1, 0.15) is 0 Å². The molecule has 0 radical (unpaired) electrons. The zero-order valence-corrected chi connectivity index (χ0v) is 10.6. The Bertz CT molecular complexity index is 704. The number of rotatable bonds is 2. The monoisotopic (exact) mass is 273 g/mol. The molecule has 1 aromatic heterocycles. The van der Waals surface area contributed by atoms with Gasteiger partial charge < -0.3 is 0 Å². The zero-order valence-electron chi connectivity index (χ0n) is 9.81. The average Bonchev–Trinajstić information content (AvgIpc) is 2.89. The lowest BCUT2D eigenvalue weighted by Gasteiger charge is -1.97. The number of hydrogen-bond donors (Lipinski definition) is 0. The van der Waals surface area contributed by atoms with Gasteiger partial charge in [0.25, 0.3) is 0 Å². The fourth-order valence-corrected chi connectivity index (χ4v) is 2.61. The summed E-state index contributed by atoms with van der Waals surface area (Å²) in [5.74, 6) is -0.555. The van der Waals surface area contributed by atoms with Gasteiger partial charge in [-0.15, -0.1) is 11.3 Å². The van der Waals surface area contributed by atoms with Gasteiger partial charge in [-0.2, -0.15) is 0 Å². The van der Waals surface area contributed by atoms with Crippen molar-refractivity contribution in [3.05, 3.63) is 65.5 Å². The van der Waals surface area contributed by atoms with Gasteiger partial charge >= 0.3 is 0 Å². The molecule has 0 amide bonds. The molecule has 19 heavy (non-hydrogen) atoms. The predicted molar refractivity (Wildman–Crippen MR) is 72.9 cm³/mol. The molecule has 4 heteroatoms. The lowest BCUT2D eigenvalue weighted by Crippen LogP contribution is -1.81. The topological polar surface area (TPSA) is 12.9 Å². The van der Waals surface area contributed by atoms with Crippen LogP contribution in [-0.2, 0) is 0 Å². The van der Waals surface area contributed by atoms with E-state index < -0.39 is 0 Å². The third-order valence-corrected chi connectivity index (χ3v) is 3.61. The highest BCUT2D eigenvalue weighted by Crippen LogP contribution is 2.29. The maximum atomic E-state index is 13.2. The van der Waals surface area contributed by atoms with Crippen LogP contribution in [0.3, 0.4) is 0 Å². The van der Waals surface area contributed by atoms with Crippen LogP contribution in [0.4, 0.5) is 8.78 Å². The van der Waals surface area contributed by atoms with E-state index in [9.17, 15) is 8.78 Å².